The molecule has 1 heterocycles. The van der Waals surface area contributed by atoms with Gasteiger partial charge in [-0.1, -0.05) is 6.07 Å². The van der Waals surface area contributed by atoms with Crippen LogP contribution < -0.4 is 21.1 Å². The highest BCUT2D eigenvalue weighted by molar-refractivity contribution is 5.84. The SMILES string of the molecule is CC(Oc1ccc(F)cc1)C(=O)NNC(=O)Cn1ccccc1=O. The molecule has 1 aromatic heterocycles. The Balaban J connectivity index is 1.81. The molecule has 1 unspecified atom stereocenters. The fourth-order valence-corrected chi connectivity index (χ4v) is 1.79. The molecule has 2 amide bonds. The fraction of sp³-hybridized carbons (Fsp3) is 0.188. The molecular formula is C16H16FN3O4. The molecule has 1 atom stereocenters. The second-order valence-electron chi connectivity index (χ2n) is 4.92. The largest absolute Gasteiger partial charge is 0.481 e. The van der Waals surface area contributed by atoms with E-state index in [0.29, 0.717) is 5.75 Å². The predicted molar refractivity (Wildman–Crippen MR) is 83.5 cm³/mol. The highest BCUT2D eigenvalue weighted by Crippen LogP contribution is 2.12. The van der Waals surface area contributed by atoms with Crippen LogP contribution in [0.3, 0.4) is 0 Å². The van der Waals surface area contributed by atoms with Gasteiger partial charge in [-0.25, -0.2) is 4.39 Å². The molecule has 0 aliphatic rings. The Morgan fingerprint density at radius 1 is 1.17 bits per heavy atom. The van der Waals surface area contributed by atoms with Crippen molar-refractivity contribution in [2.75, 3.05) is 0 Å². The van der Waals surface area contributed by atoms with Crippen molar-refractivity contribution in [1.29, 1.82) is 0 Å². The molecule has 2 rings (SSSR count). The van der Waals surface area contributed by atoms with Gasteiger partial charge in [0.1, 0.15) is 18.1 Å². The zero-order valence-corrected chi connectivity index (χ0v) is 12.9. The van der Waals surface area contributed by atoms with Crippen molar-refractivity contribution in [2.24, 2.45) is 0 Å². The zero-order valence-electron chi connectivity index (χ0n) is 12.9. The van der Waals surface area contributed by atoms with Gasteiger partial charge in [-0.3, -0.25) is 25.2 Å². The van der Waals surface area contributed by atoms with Crippen LogP contribution in [0, 0.1) is 5.82 Å². The van der Waals surface area contributed by atoms with Gasteiger partial charge in [-0.15, -0.1) is 0 Å². The van der Waals surface area contributed by atoms with Crippen LogP contribution in [-0.4, -0.2) is 22.5 Å². The van der Waals surface area contributed by atoms with E-state index in [4.69, 9.17) is 4.74 Å². The number of rotatable bonds is 5. The molecule has 24 heavy (non-hydrogen) atoms. The molecule has 0 spiro atoms. The van der Waals surface area contributed by atoms with Gasteiger partial charge in [0, 0.05) is 12.3 Å². The van der Waals surface area contributed by atoms with E-state index in [9.17, 15) is 18.8 Å². The Morgan fingerprint density at radius 3 is 2.54 bits per heavy atom. The van der Waals surface area contributed by atoms with Gasteiger partial charge in [0.25, 0.3) is 17.4 Å². The summed E-state index contributed by atoms with van der Waals surface area (Å²) in [6, 6.07) is 9.70. The Labute approximate surface area is 137 Å². The molecule has 126 valence electrons. The summed E-state index contributed by atoms with van der Waals surface area (Å²) < 4.78 is 19.3. The maximum absolute atomic E-state index is 12.8. The summed E-state index contributed by atoms with van der Waals surface area (Å²) in [5.74, 6) is -1.25. The van der Waals surface area contributed by atoms with E-state index in [-0.39, 0.29) is 12.1 Å². The minimum Gasteiger partial charge on any atom is -0.481 e. The van der Waals surface area contributed by atoms with E-state index in [1.165, 1.54) is 48.0 Å². The fourth-order valence-electron chi connectivity index (χ4n) is 1.79. The Kier molecular flexibility index (Phi) is 5.67. The van der Waals surface area contributed by atoms with E-state index in [2.05, 4.69) is 10.9 Å². The molecule has 0 fully saturated rings. The van der Waals surface area contributed by atoms with Crippen molar-refractivity contribution in [1.82, 2.24) is 15.4 Å². The first-order valence-electron chi connectivity index (χ1n) is 7.12. The molecule has 0 aliphatic heterocycles. The third-order valence-corrected chi connectivity index (χ3v) is 3.03. The second kappa shape index (κ2) is 7.91. The summed E-state index contributed by atoms with van der Waals surface area (Å²) >= 11 is 0. The van der Waals surface area contributed by atoms with Crippen LogP contribution >= 0.6 is 0 Å². The molecule has 0 bridgehead atoms. The standard InChI is InChI=1S/C16H16FN3O4/c1-11(24-13-7-5-12(17)6-8-13)16(23)19-18-14(21)10-20-9-3-2-4-15(20)22/h2-9,11H,10H2,1H3,(H,18,21)(H,19,23). The summed E-state index contributed by atoms with van der Waals surface area (Å²) in [5.41, 5.74) is 4.07. The van der Waals surface area contributed by atoms with Crippen LogP contribution in [0.25, 0.3) is 0 Å². The molecule has 2 N–H and O–H groups in total. The molecule has 0 aliphatic carbocycles. The molecule has 8 heteroatoms. The molecule has 0 saturated heterocycles. The first-order valence-corrected chi connectivity index (χ1v) is 7.12. The van der Waals surface area contributed by atoms with Crippen molar-refractivity contribution in [3.8, 4) is 5.75 Å². The monoisotopic (exact) mass is 333 g/mol. The lowest BCUT2D eigenvalue weighted by Gasteiger charge is -2.15. The average molecular weight is 333 g/mol. The Hall–Kier alpha value is -3.16. The van der Waals surface area contributed by atoms with Gasteiger partial charge in [-0.05, 0) is 37.3 Å². The molecule has 2 aromatic rings. The minimum atomic E-state index is -0.907. The number of carbonyl (C=O) groups excluding carboxylic acids is 2. The number of carbonyl (C=O) groups is 2. The van der Waals surface area contributed by atoms with E-state index in [0.717, 1.165) is 0 Å². The number of aromatic nitrogens is 1. The third-order valence-electron chi connectivity index (χ3n) is 3.03. The quantitative estimate of drug-likeness (QED) is 0.784. The molecule has 7 nitrogen and oxygen atoms in total. The van der Waals surface area contributed by atoms with Gasteiger partial charge in [-0.2, -0.15) is 0 Å². The molecule has 0 saturated carbocycles. The smallest absolute Gasteiger partial charge is 0.279 e. The number of nitrogens with one attached hydrogen (secondary N) is 2. The van der Waals surface area contributed by atoms with Gasteiger partial charge < -0.3 is 9.30 Å². The number of amides is 2. The normalized spacial score (nSPS) is 11.4. The second-order valence-corrected chi connectivity index (χ2v) is 4.92. The van der Waals surface area contributed by atoms with E-state index in [1.54, 1.807) is 12.1 Å². The molecule has 0 radical (unpaired) electrons. The Morgan fingerprint density at radius 2 is 1.88 bits per heavy atom. The van der Waals surface area contributed by atoms with Gasteiger partial charge >= 0.3 is 0 Å². The number of halogens is 1. The van der Waals surface area contributed by atoms with Gasteiger partial charge in [0.15, 0.2) is 6.10 Å². The number of hydrogen-bond acceptors (Lipinski definition) is 4. The first-order chi connectivity index (χ1) is 11.5. The van der Waals surface area contributed by atoms with Crippen LogP contribution in [0.15, 0.2) is 53.5 Å². The van der Waals surface area contributed by atoms with Crippen molar-refractivity contribution in [3.05, 3.63) is 64.8 Å². The van der Waals surface area contributed by atoms with E-state index in [1.807, 2.05) is 0 Å². The number of hydrazine groups is 1. The first kappa shape index (κ1) is 17.2. The van der Waals surface area contributed by atoms with Crippen LogP contribution in [0.4, 0.5) is 4.39 Å². The van der Waals surface area contributed by atoms with Gasteiger partial charge in [0.2, 0.25) is 0 Å². The van der Waals surface area contributed by atoms with Crippen LogP contribution in [0.5, 0.6) is 5.75 Å². The number of ether oxygens (including phenoxy) is 1. The van der Waals surface area contributed by atoms with Crippen molar-refractivity contribution in [3.63, 3.8) is 0 Å². The number of nitrogens with zero attached hydrogens (tertiary/aromatic N) is 1. The van der Waals surface area contributed by atoms with Gasteiger partial charge in [0.05, 0.1) is 0 Å². The van der Waals surface area contributed by atoms with Crippen molar-refractivity contribution >= 4 is 11.8 Å². The maximum atomic E-state index is 12.8. The van der Waals surface area contributed by atoms with Crippen molar-refractivity contribution in [2.45, 2.75) is 19.6 Å². The Bertz CT molecular complexity index is 773. The predicted octanol–water partition coefficient (Wildman–Crippen LogP) is 0.602. The number of pyridine rings is 1. The summed E-state index contributed by atoms with van der Waals surface area (Å²) in [5, 5.41) is 0. The zero-order chi connectivity index (χ0) is 17.5. The summed E-state index contributed by atoms with van der Waals surface area (Å²) in [7, 11) is 0. The highest BCUT2D eigenvalue weighted by atomic mass is 19.1. The minimum absolute atomic E-state index is 0.229. The summed E-state index contributed by atoms with van der Waals surface area (Å²) in [6.07, 6.45) is 0.555. The van der Waals surface area contributed by atoms with Crippen LogP contribution in [-0.2, 0) is 16.1 Å². The number of benzene rings is 1. The highest BCUT2D eigenvalue weighted by Gasteiger charge is 2.15. The number of hydrogen-bond donors (Lipinski definition) is 2. The molecular weight excluding hydrogens is 317 g/mol. The van der Waals surface area contributed by atoms with E-state index < -0.39 is 23.7 Å². The lowest BCUT2D eigenvalue weighted by molar-refractivity contribution is -0.133. The maximum Gasteiger partial charge on any atom is 0.279 e. The lowest BCUT2D eigenvalue weighted by Crippen LogP contribution is -2.48. The topological polar surface area (TPSA) is 89.4 Å². The average Bonchev–Trinajstić information content (AvgIpc) is 2.57. The van der Waals surface area contributed by atoms with E-state index >= 15 is 0 Å². The summed E-state index contributed by atoms with van der Waals surface area (Å²) in [6.45, 7) is 1.25. The van der Waals surface area contributed by atoms with Crippen LogP contribution in [0.1, 0.15) is 6.92 Å². The third kappa shape index (κ3) is 4.94. The molecule has 1 aromatic carbocycles. The summed E-state index contributed by atoms with van der Waals surface area (Å²) in [4.78, 5) is 35.0. The van der Waals surface area contributed by atoms with Crippen LogP contribution in [0.2, 0.25) is 0 Å². The lowest BCUT2D eigenvalue weighted by atomic mass is 10.3. The van der Waals surface area contributed by atoms with Crippen molar-refractivity contribution < 1.29 is 18.7 Å².